The molecule has 0 saturated carbocycles. The zero-order valence-corrected chi connectivity index (χ0v) is 14.0. The maximum absolute atomic E-state index is 13.7. The summed E-state index contributed by atoms with van der Waals surface area (Å²) in [5.41, 5.74) is 0.942. The first kappa shape index (κ1) is 18.4. The molecule has 1 atom stereocenters. The Morgan fingerprint density at radius 2 is 1.96 bits per heavy atom. The fraction of sp³-hybridized carbons (Fsp3) is 0.167. The highest BCUT2D eigenvalue weighted by molar-refractivity contribution is 6.31. The van der Waals surface area contributed by atoms with Crippen LogP contribution >= 0.6 is 11.6 Å². The zero-order chi connectivity index (χ0) is 18.4. The smallest absolute Gasteiger partial charge is 0.311 e. The molecule has 0 aliphatic heterocycles. The van der Waals surface area contributed by atoms with Gasteiger partial charge in [-0.25, -0.2) is 4.39 Å². The molecule has 1 amide bonds. The van der Waals surface area contributed by atoms with Crippen molar-refractivity contribution in [1.82, 2.24) is 0 Å². The number of nitrogens with one attached hydrogen (secondary N) is 1. The van der Waals surface area contributed by atoms with Gasteiger partial charge in [0.05, 0.1) is 18.1 Å². The number of carbonyl (C=O) groups excluding carboxylic acids is 2. The summed E-state index contributed by atoms with van der Waals surface area (Å²) in [6.07, 6.45) is -1.45. The normalized spacial score (nSPS) is 11.3. The minimum Gasteiger partial charge on any atom is -0.452 e. The van der Waals surface area contributed by atoms with Crippen LogP contribution in [0, 0.1) is 17.1 Å². The predicted octanol–water partition coefficient (Wildman–Crippen LogP) is 3.46. The van der Waals surface area contributed by atoms with Crippen molar-refractivity contribution in [2.75, 3.05) is 5.32 Å². The number of hydrogen-bond acceptors (Lipinski definition) is 4. The van der Waals surface area contributed by atoms with Gasteiger partial charge >= 0.3 is 5.97 Å². The minimum atomic E-state index is -1.08. The molecule has 7 heteroatoms. The first-order valence-corrected chi connectivity index (χ1v) is 7.72. The second-order valence-corrected chi connectivity index (χ2v) is 5.59. The molecule has 2 aromatic carbocycles. The lowest BCUT2D eigenvalue weighted by Crippen LogP contribution is -2.30. The first-order chi connectivity index (χ1) is 11.9. The lowest BCUT2D eigenvalue weighted by Gasteiger charge is -2.14. The van der Waals surface area contributed by atoms with Crippen LogP contribution in [0.15, 0.2) is 42.5 Å². The van der Waals surface area contributed by atoms with E-state index in [1.54, 1.807) is 24.3 Å². The van der Waals surface area contributed by atoms with Crippen molar-refractivity contribution in [1.29, 1.82) is 5.26 Å². The number of amides is 1. The van der Waals surface area contributed by atoms with Crippen LogP contribution in [-0.2, 0) is 20.7 Å². The van der Waals surface area contributed by atoms with Gasteiger partial charge in [0, 0.05) is 16.3 Å². The molecule has 0 unspecified atom stereocenters. The van der Waals surface area contributed by atoms with Crippen LogP contribution in [-0.4, -0.2) is 18.0 Å². The van der Waals surface area contributed by atoms with Crippen LogP contribution in [0.3, 0.4) is 0 Å². The van der Waals surface area contributed by atoms with Crippen LogP contribution in [0.5, 0.6) is 0 Å². The van der Waals surface area contributed by atoms with Crippen molar-refractivity contribution in [2.24, 2.45) is 0 Å². The maximum Gasteiger partial charge on any atom is 0.311 e. The molecule has 2 aromatic rings. The van der Waals surface area contributed by atoms with E-state index in [1.165, 1.54) is 25.1 Å². The number of nitriles is 1. The Morgan fingerprint density at radius 1 is 1.28 bits per heavy atom. The van der Waals surface area contributed by atoms with Crippen molar-refractivity contribution >= 4 is 29.2 Å². The second-order valence-electron chi connectivity index (χ2n) is 5.19. The van der Waals surface area contributed by atoms with E-state index in [-0.39, 0.29) is 17.0 Å². The highest BCUT2D eigenvalue weighted by Crippen LogP contribution is 2.20. The van der Waals surface area contributed by atoms with E-state index < -0.39 is 23.8 Å². The Morgan fingerprint density at radius 3 is 2.56 bits per heavy atom. The molecule has 0 spiro atoms. The fourth-order valence-electron chi connectivity index (χ4n) is 2.01. The third kappa shape index (κ3) is 5.03. The zero-order valence-electron chi connectivity index (χ0n) is 13.3. The lowest BCUT2D eigenvalue weighted by atomic mass is 10.1. The molecule has 0 aromatic heterocycles. The molecule has 0 bridgehead atoms. The summed E-state index contributed by atoms with van der Waals surface area (Å²) < 4.78 is 18.7. The lowest BCUT2D eigenvalue weighted by molar-refractivity contribution is -0.152. The van der Waals surface area contributed by atoms with Gasteiger partial charge in [-0.2, -0.15) is 5.26 Å². The highest BCUT2D eigenvalue weighted by Gasteiger charge is 2.20. The van der Waals surface area contributed by atoms with Crippen molar-refractivity contribution in [3.63, 3.8) is 0 Å². The molecule has 25 heavy (non-hydrogen) atoms. The third-order valence-electron chi connectivity index (χ3n) is 3.34. The number of esters is 1. The van der Waals surface area contributed by atoms with Crippen molar-refractivity contribution in [3.05, 3.63) is 64.4 Å². The monoisotopic (exact) mass is 360 g/mol. The average molecular weight is 361 g/mol. The first-order valence-electron chi connectivity index (χ1n) is 7.34. The Labute approximate surface area is 149 Å². The third-order valence-corrected chi connectivity index (χ3v) is 3.70. The molecule has 0 fully saturated rings. The Bertz CT molecular complexity index is 811. The molecule has 0 heterocycles. The van der Waals surface area contributed by atoms with Gasteiger partial charge in [-0.05, 0) is 43.3 Å². The molecular weight excluding hydrogens is 347 g/mol. The van der Waals surface area contributed by atoms with Crippen LogP contribution in [0.4, 0.5) is 10.1 Å². The summed E-state index contributed by atoms with van der Waals surface area (Å²) >= 11 is 5.85. The van der Waals surface area contributed by atoms with E-state index in [1.807, 2.05) is 6.07 Å². The van der Waals surface area contributed by atoms with E-state index in [0.29, 0.717) is 11.3 Å². The van der Waals surface area contributed by atoms with E-state index in [4.69, 9.17) is 21.6 Å². The van der Waals surface area contributed by atoms with Gasteiger partial charge in [0.1, 0.15) is 5.82 Å². The number of carbonyl (C=O) groups is 2. The number of ether oxygens (including phenoxy) is 1. The number of benzene rings is 2. The summed E-state index contributed by atoms with van der Waals surface area (Å²) in [6, 6.07) is 12.3. The summed E-state index contributed by atoms with van der Waals surface area (Å²) in [5.74, 6) is -1.92. The van der Waals surface area contributed by atoms with Crippen LogP contribution in [0.25, 0.3) is 0 Å². The Hall–Kier alpha value is -2.91. The van der Waals surface area contributed by atoms with Crippen LogP contribution in [0.2, 0.25) is 5.02 Å². The topological polar surface area (TPSA) is 79.2 Å². The maximum atomic E-state index is 13.7. The minimum absolute atomic E-state index is 0.0221. The van der Waals surface area contributed by atoms with E-state index in [9.17, 15) is 14.0 Å². The molecule has 0 aliphatic rings. The van der Waals surface area contributed by atoms with E-state index in [0.717, 1.165) is 0 Å². The molecule has 128 valence electrons. The van der Waals surface area contributed by atoms with Crippen molar-refractivity contribution in [3.8, 4) is 6.07 Å². The van der Waals surface area contributed by atoms with E-state index in [2.05, 4.69) is 5.32 Å². The van der Waals surface area contributed by atoms with Crippen molar-refractivity contribution in [2.45, 2.75) is 19.4 Å². The van der Waals surface area contributed by atoms with Gasteiger partial charge in [-0.15, -0.1) is 0 Å². The average Bonchev–Trinajstić information content (AvgIpc) is 2.59. The highest BCUT2D eigenvalue weighted by atomic mass is 35.5. The summed E-state index contributed by atoms with van der Waals surface area (Å²) in [7, 11) is 0. The quantitative estimate of drug-likeness (QED) is 0.828. The Balaban J connectivity index is 1.93. The van der Waals surface area contributed by atoms with Crippen molar-refractivity contribution < 1.29 is 18.7 Å². The Kier molecular flexibility index (Phi) is 6.09. The number of nitrogens with zero attached hydrogens (tertiary/aromatic N) is 1. The van der Waals surface area contributed by atoms with Gasteiger partial charge in [0.25, 0.3) is 5.91 Å². The molecule has 5 nitrogen and oxygen atoms in total. The number of halogens is 2. The number of anilines is 1. The molecule has 0 radical (unpaired) electrons. The molecule has 1 N–H and O–H groups in total. The van der Waals surface area contributed by atoms with Crippen LogP contribution in [0.1, 0.15) is 18.1 Å². The van der Waals surface area contributed by atoms with Gasteiger partial charge in [0.2, 0.25) is 0 Å². The standard InChI is InChI=1S/C18H14ClFN2O3/c1-11(18(24)22-13-7-5-12(10-21)6-8-13)25-17(23)9-14-15(19)3-2-4-16(14)20/h2-8,11H,9H2,1H3,(H,22,24)/t11-/m0/s1. The predicted molar refractivity (Wildman–Crippen MR) is 90.5 cm³/mol. The molecule has 0 saturated heterocycles. The summed E-state index contributed by atoms with van der Waals surface area (Å²) in [6.45, 7) is 1.40. The summed E-state index contributed by atoms with van der Waals surface area (Å²) in [4.78, 5) is 23.9. The second kappa shape index (κ2) is 8.27. The van der Waals surface area contributed by atoms with Gasteiger partial charge < -0.3 is 10.1 Å². The molecular formula is C18H14ClFN2O3. The number of rotatable bonds is 5. The number of hydrogen-bond donors (Lipinski definition) is 1. The fourth-order valence-corrected chi connectivity index (χ4v) is 2.24. The van der Waals surface area contributed by atoms with Gasteiger partial charge in [-0.3, -0.25) is 9.59 Å². The van der Waals surface area contributed by atoms with Crippen LogP contribution < -0.4 is 5.32 Å². The summed E-state index contributed by atoms with van der Waals surface area (Å²) in [5, 5.41) is 11.4. The SMILES string of the molecule is C[C@H](OC(=O)Cc1c(F)cccc1Cl)C(=O)Nc1ccc(C#N)cc1. The van der Waals surface area contributed by atoms with Gasteiger partial charge in [0.15, 0.2) is 6.10 Å². The van der Waals surface area contributed by atoms with E-state index >= 15 is 0 Å². The largest absolute Gasteiger partial charge is 0.452 e. The van der Waals surface area contributed by atoms with Gasteiger partial charge in [-0.1, -0.05) is 17.7 Å². The molecule has 2 rings (SSSR count). The molecule has 0 aliphatic carbocycles.